The molecule has 0 atom stereocenters. The summed E-state index contributed by atoms with van der Waals surface area (Å²) in [5, 5.41) is 6.68. The zero-order valence-corrected chi connectivity index (χ0v) is 10.5. The van der Waals surface area contributed by atoms with Crippen LogP contribution < -0.4 is 10.6 Å². The Hall–Kier alpha value is -1.32. The van der Waals surface area contributed by atoms with Crippen molar-refractivity contribution in [3.63, 3.8) is 0 Å². The molecule has 0 amide bonds. The van der Waals surface area contributed by atoms with Crippen LogP contribution in [0.1, 0.15) is 39.2 Å². The molecule has 1 rings (SSSR count). The smallest absolute Gasteiger partial charge is 0.134 e. The number of hydrogen-bond acceptors (Lipinski definition) is 4. The molecule has 0 spiro atoms. The van der Waals surface area contributed by atoms with Crippen LogP contribution in [0.5, 0.6) is 0 Å². The normalized spacial score (nSPS) is 10.2. The summed E-state index contributed by atoms with van der Waals surface area (Å²) in [6.07, 6.45) is 4.77. The molecule has 0 radical (unpaired) electrons. The van der Waals surface area contributed by atoms with Gasteiger partial charge >= 0.3 is 0 Å². The number of anilines is 2. The second kappa shape index (κ2) is 7.04. The van der Waals surface area contributed by atoms with Gasteiger partial charge in [-0.2, -0.15) is 0 Å². The lowest BCUT2D eigenvalue weighted by molar-refractivity contribution is 0.930. The van der Waals surface area contributed by atoms with Crippen molar-refractivity contribution in [2.75, 3.05) is 23.7 Å². The van der Waals surface area contributed by atoms with E-state index in [9.17, 15) is 0 Å². The summed E-state index contributed by atoms with van der Waals surface area (Å²) in [4.78, 5) is 8.59. The molecule has 16 heavy (non-hydrogen) atoms. The molecule has 0 bridgehead atoms. The Morgan fingerprint density at radius 2 is 1.44 bits per heavy atom. The van der Waals surface area contributed by atoms with Crippen LogP contribution in [-0.2, 0) is 6.42 Å². The highest BCUT2D eigenvalue weighted by molar-refractivity contribution is 5.57. The Balaban J connectivity index is 2.82. The van der Waals surface area contributed by atoms with Crippen LogP contribution in [-0.4, -0.2) is 23.1 Å². The average Bonchev–Trinajstić information content (AvgIpc) is 2.33. The molecule has 0 saturated carbocycles. The highest BCUT2D eigenvalue weighted by atomic mass is 15.1. The molecule has 90 valence electrons. The lowest BCUT2D eigenvalue weighted by Crippen LogP contribution is -2.10. The summed E-state index contributed by atoms with van der Waals surface area (Å²) in [6, 6.07) is 0. The Morgan fingerprint density at radius 3 is 1.81 bits per heavy atom. The first kappa shape index (κ1) is 12.7. The largest absolute Gasteiger partial charge is 0.370 e. The van der Waals surface area contributed by atoms with Gasteiger partial charge in [-0.3, -0.25) is 0 Å². The van der Waals surface area contributed by atoms with Crippen molar-refractivity contribution in [3.05, 3.63) is 11.9 Å². The van der Waals surface area contributed by atoms with Crippen LogP contribution in [0.3, 0.4) is 0 Å². The summed E-state index contributed by atoms with van der Waals surface area (Å²) >= 11 is 0. The number of rotatable bonds is 7. The highest BCUT2D eigenvalue weighted by Gasteiger charge is 2.08. The standard InChI is InChI=1S/C12H22N4/c1-4-7-13-11-10(6-3)12(14-8-5-2)16-9-15-11/h9H,4-8H2,1-3H3,(H2,13,14,15,16). The van der Waals surface area contributed by atoms with Gasteiger partial charge < -0.3 is 10.6 Å². The topological polar surface area (TPSA) is 49.8 Å². The third kappa shape index (κ3) is 3.36. The van der Waals surface area contributed by atoms with E-state index in [2.05, 4.69) is 41.4 Å². The predicted molar refractivity (Wildman–Crippen MR) is 69.0 cm³/mol. The van der Waals surface area contributed by atoms with Gasteiger partial charge in [0.05, 0.1) is 0 Å². The van der Waals surface area contributed by atoms with Gasteiger partial charge in [0.25, 0.3) is 0 Å². The number of hydrogen-bond donors (Lipinski definition) is 2. The Kier molecular flexibility index (Phi) is 5.61. The lowest BCUT2D eigenvalue weighted by atomic mass is 10.2. The molecule has 4 heteroatoms. The fourth-order valence-electron chi connectivity index (χ4n) is 1.54. The van der Waals surface area contributed by atoms with Crippen LogP contribution in [0.2, 0.25) is 0 Å². The maximum absolute atomic E-state index is 4.29. The first-order chi connectivity index (χ1) is 7.83. The van der Waals surface area contributed by atoms with E-state index in [-0.39, 0.29) is 0 Å². The van der Waals surface area contributed by atoms with E-state index in [0.29, 0.717) is 0 Å². The number of nitrogens with zero attached hydrogens (tertiary/aromatic N) is 2. The van der Waals surface area contributed by atoms with Crippen molar-refractivity contribution in [1.82, 2.24) is 9.97 Å². The van der Waals surface area contributed by atoms with Gasteiger partial charge in [0, 0.05) is 18.7 Å². The Bertz CT molecular complexity index is 286. The average molecular weight is 222 g/mol. The fourth-order valence-corrected chi connectivity index (χ4v) is 1.54. The van der Waals surface area contributed by atoms with Crippen LogP contribution in [0, 0.1) is 0 Å². The Labute approximate surface area is 97.9 Å². The second-order valence-electron chi connectivity index (χ2n) is 3.76. The van der Waals surface area contributed by atoms with Gasteiger partial charge in [0.15, 0.2) is 0 Å². The van der Waals surface area contributed by atoms with Gasteiger partial charge in [-0.15, -0.1) is 0 Å². The fraction of sp³-hybridized carbons (Fsp3) is 0.667. The van der Waals surface area contributed by atoms with Gasteiger partial charge in [0.2, 0.25) is 0 Å². The van der Waals surface area contributed by atoms with Gasteiger partial charge in [-0.25, -0.2) is 9.97 Å². The third-order valence-electron chi connectivity index (χ3n) is 2.38. The maximum atomic E-state index is 4.29. The minimum Gasteiger partial charge on any atom is -0.370 e. The SMILES string of the molecule is CCCNc1ncnc(NCCC)c1CC. The van der Waals surface area contributed by atoms with E-state index in [4.69, 9.17) is 0 Å². The van der Waals surface area contributed by atoms with E-state index < -0.39 is 0 Å². The van der Waals surface area contributed by atoms with E-state index in [1.54, 1.807) is 6.33 Å². The predicted octanol–water partition coefficient (Wildman–Crippen LogP) is 2.68. The molecule has 0 unspecified atom stereocenters. The molecule has 0 saturated heterocycles. The van der Waals surface area contributed by atoms with Crippen LogP contribution >= 0.6 is 0 Å². The number of aromatic nitrogens is 2. The first-order valence-electron chi connectivity index (χ1n) is 6.15. The molecule has 0 aliphatic heterocycles. The molecular weight excluding hydrogens is 200 g/mol. The number of nitrogens with one attached hydrogen (secondary N) is 2. The van der Waals surface area contributed by atoms with Crippen molar-refractivity contribution >= 4 is 11.6 Å². The van der Waals surface area contributed by atoms with Crippen molar-refractivity contribution in [3.8, 4) is 0 Å². The van der Waals surface area contributed by atoms with Crippen molar-refractivity contribution < 1.29 is 0 Å². The molecule has 0 aliphatic rings. The lowest BCUT2D eigenvalue weighted by Gasteiger charge is -2.13. The van der Waals surface area contributed by atoms with Crippen molar-refractivity contribution in [1.29, 1.82) is 0 Å². The molecule has 0 aromatic carbocycles. The van der Waals surface area contributed by atoms with E-state index >= 15 is 0 Å². The monoisotopic (exact) mass is 222 g/mol. The Morgan fingerprint density at radius 1 is 0.938 bits per heavy atom. The minimum atomic E-state index is 0.943. The van der Waals surface area contributed by atoms with Crippen LogP contribution in [0.15, 0.2) is 6.33 Å². The minimum absolute atomic E-state index is 0.943. The molecule has 4 nitrogen and oxygen atoms in total. The summed E-state index contributed by atoms with van der Waals surface area (Å²) in [5.74, 6) is 1.94. The molecule has 2 N–H and O–H groups in total. The quantitative estimate of drug-likeness (QED) is 0.744. The van der Waals surface area contributed by atoms with E-state index in [1.165, 1.54) is 5.56 Å². The molecular formula is C12H22N4. The molecule has 0 fully saturated rings. The van der Waals surface area contributed by atoms with Crippen molar-refractivity contribution in [2.24, 2.45) is 0 Å². The summed E-state index contributed by atoms with van der Waals surface area (Å²) < 4.78 is 0. The molecule has 1 aromatic rings. The van der Waals surface area contributed by atoms with Gasteiger partial charge in [-0.1, -0.05) is 20.8 Å². The van der Waals surface area contributed by atoms with Gasteiger partial charge in [-0.05, 0) is 19.3 Å². The van der Waals surface area contributed by atoms with Crippen LogP contribution in [0.25, 0.3) is 0 Å². The summed E-state index contributed by atoms with van der Waals surface area (Å²) in [5.41, 5.74) is 1.18. The molecule has 1 aromatic heterocycles. The first-order valence-corrected chi connectivity index (χ1v) is 6.15. The third-order valence-corrected chi connectivity index (χ3v) is 2.38. The zero-order chi connectivity index (χ0) is 11.8. The van der Waals surface area contributed by atoms with E-state index in [0.717, 1.165) is 44.0 Å². The molecule has 0 aliphatic carbocycles. The highest BCUT2D eigenvalue weighted by Crippen LogP contribution is 2.20. The van der Waals surface area contributed by atoms with Gasteiger partial charge in [0.1, 0.15) is 18.0 Å². The zero-order valence-electron chi connectivity index (χ0n) is 10.5. The maximum Gasteiger partial charge on any atom is 0.134 e. The van der Waals surface area contributed by atoms with Crippen molar-refractivity contribution in [2.45, 2.75) is 40.0 Å². The summed E-state index contributed by atoms with van der Waals surface area (Å²) in [6.45, 7) is 8.34. The molecule has 1 heterocycles. The second-order valence-corrected chi connectivity index (χ2v) is 3.76. The van der Waals surface area contributed by atoms with E-state index in [1.807, 2.05) is 0 Å². The summed E-state index contributed by atoms with van der Waals surface area (Å²) in [7, 11) is 0. The van der Waals surface area contributed by atoms with Crippen LogP contribution in [0.4, 0.5) is 11.6 Å².